The van der Waals surface area contributed by atoms with Crippen LogP contribution in [-0.4, -0.2) is 63.0 Å². The molecule has 47 heavy (non-hydrogen) atoms. The highest BCUT2D eigenvalue weighted by molar-refractivity contribution is 7.93. The number of ether oxygens (including phenoxy) is 2. The van der Waals surface area contributed by atoms with Crippen molar-refractivity contribution >= 4 is 21.6 Å². The zero-order valence-corrected chi connectivity index (χ0v) is 27.1. The van der Waals surface area contributed by atoms with Gasteiger partial charge < -0.3 is 13.9 Å². The normalized spacial score (nSPS) is 21.6. The molecule has 2 saturated heterocycles. The number of anilines is 1. The minimum atomic E-state index is -4.44. The molecule has 1 unspecified atom stereocenters. The molecule has 12 heteroatoms. The molecule has 7 rings (SSSR count). The number of methoxy groups -OCH3 is 2. The number of aromatic nitrogens is 1. The number of benzene rings is 3. The van der Waals surface area contributed by atoms with Crippen molar-refractivity contribution in [3.8, 4) is 17.6 Å². The van der Waals surface area contributed by atoms with Crippen LogP contribution in [-0.2, 0) is 26.9 Å². The Kier molecular flexibility index (Phi) is 8.00. The molecule has 4 heterocycles. The minimum absolute atomic E-state index is 0.0728. The fourth-order valence-electron chi connectivity index (χ4n) is 7.38. The first kappa shape index (κ1) is 30.9. The van der Waals surface area contributed by atoms with E-state index in [9.17, 15) is 13.7 Å². The largest absolute Gasteiger partial charge is 0.497 e. The van der Waals surface area contributed by atoms with Crippen LogP contribution in [0.3, 0.4) is 0 Å². The quantitative estimate of drug-likeness (QED) is 0.244. The van der Waals surface area contributed by atoms with Crippen LogP contribution < -0.4 is 13.8 Å². The molecule has 11 nitrogen and oxygen atoms in total. The molecule has 242 valence electrons. The lowest BCUT2D eigenvalue weighted by atomic mass is 9.80. The highest BCUT2D eigenvalue weighted by Gasteiger charge is 2.62. The maximum Gasteiger partial charge on any atom is 0.271 e. The van der Waals surface area contributed by atoms with Gasteiger partial charge in [-0.15, -0.1) is 0 Å². The summed E-state index contributed by atoms with van der Waals surface area (Å²) in [7, 11) is -1.39. The van der Waals surface area contributed by atoms with E-state index in [-0.39, 0.29) is 10.6 Å². The summed E-state index contributed by atoms with van der Waals surface area (Å²) in [6.45, 7) is 3.19. The van der Waals surface area contributed by atoms with E-state index in [1.165, 1.54) is 31.6 Å². The maximum absolute atomic E-state index is 15.4. The molecule has 2 fully saturated rings. The summed E-state index contributed by atoms with van der Waals surface area (Å²) >= 11 is 0. The zero-order valence-electron chi connectivity index (χ0n) is 26.3. The van der Waals surface area contributed by atoms with Crippen molar-refractivity contribution in [3.63, 3.8) is 0 Å². The van der Waals surface area contributed by atoms with Gasteiger partial charge in [-0.05, 0) is 92.9 Å². The molecule has 0 bridgehead atoms. The van der Waals surface area contributed by atoms with Gasteiger partial charge in [0.25, 0.3) is 15.9 Å². The number of fused-ring (bicyclic) bond motifs is 1. The summed E-state index contributed by atoms with van der Waals surface area (Å²) in [4.78, 5) is 24.2. The third-order valence-corrected chi connectivity index (χ3v) is 11.2. The third kappa shape index (κ3) is 4.97. The SMILES string of the molecule is COc1ccc(S(=O)(=O)N2C(=O)C(c3ccc(CN4CCCC4)cc3OC)(N3CCC[C@H]3c3ncco3)c3cc(C#N)ccc32)cc1. The van der Waals surface area contributed by atoms with E-state index in [0.717, 1.165) is 42.3 Å². The molecular formula is C35H35N5O6S. The first-order chi connectivity index (χ1) is 22.8. The van der Waals surface area contributed by atoms with Crippen molar-refractivity contribution in [2.24, 2.45) is 0 Å². The average molecular weight is 654 g/mol. The fourth-order valence-corrected chi connectivity index (χ4v) is 8.84. The van der Waals surface area contributed by atoms with Crippen molar-refractivity contribution in [2.75, 3.05) is 38.2 Å². The van der Waals surface area contributed by atoms with Crippen molar-refractivity contribution in [2.45, 2.75) is 48.7 Å². The number of amides is 1. The van der Waals surface area contributed by atoms with E-state index in [1.54, 1.807) is 37.6 Å². The lowest BCUT2D eigenvalue weighted by molar-refractivity contribution is -0.127. The molecule has 3 aromatic carbocycles. The average Bonchev–Trinajstić information content (AvgIpc) is 3.92. The topological polar surface area (TPSA) is 129 Å². The summed E-state index contributed by atoms with van der Waals surface area (Å²) in [5.41, 5.74) is 0.647. The number of nitrogens with zero attached hydrogens (tertiary/aromatic N) is 5. The molecule has 0 aliphatic carbocycles. The maximum atomic E-state index is 15.4. The van der Waals surface area contributed by atoms with Gasteiger partial charge in [0.2, 0.25) is 5.89 Å². The summed E-state index contributed by atoms with van der Waals surface area (Å²) in [5, 5.41) is 10.0. The van der Waals surface area contributed by atoms with Gasteiger partial charge in [0.15, 0.2) is 5.54 Å². The Hall–Kier alpha value is -4.70. The molecule has 1 amide bonds. The van der Waals surface area contributed by atoms with Gasteiger partial charge in [-0.2, -0.15) is 5.26 Å². The van der Waals surface area contributed by atoms with Gasteiger partial charge in [-0.3, -0.25) is 14.6 Å². The molecule has 3 aliphatic rings. The smallest absolute Gasteiger partial charge is 0.271 e. The standard InChI is InChI=1S/C35H35N5O6S/c1-44-26-9-11-27(12-10-26)47(42,43)40-30-14-8-24(22-36)20-29(30)35(34(40)41,39-18-5-6-31(39)33-37-15-19-46-33)28-13-7-25(21-32(28)45-2)23-38-16-3-4-17-38/h7-15,19-21,31H,3-6,16-18,23H2,1-2H3/t31-,35?/m0/s1. The molecule has 0 saturated carbocycles. The van der Waals surface area contributed by atoms with Crippen LogP contribution in [0.5, 0.6) is 11.5 Å². The fraction of sp³-hybridized carbons (Fsp3) is 0.343. The second kappa shape index (κ2) is 12.2. The number of carbonyl (C=O) groups excluding carboxylic acids is 1. The first-order valence-corrected chi connectivity index (χ1v) is 17.1. The van der Waals surface area contributed by atoms with Crippen molar-refractivity contribution < 1.29 is 27.1 Å². The van der Waals surface area contributed by atoms with E-state index < -0.39 is 27.5 Å². The number of rotatable bonds is 9. The van der Waals surface area contributed by atoms with Crippen LogP contribution in [0.1, 0.15) is 59.9 Å². The van der Waals surface area contributed by atoms with Gasteiger partial charge in [0.1, 0.15) is 17.8 Å². The monoisotopic (exact) mass is 653 g/mol. The Morgan fingerprint density at radius 1 is 0.979 bits per heavy atom. The second-order valence-electron chi connectivity index (χ2n) is 12.0. The Balaban J connectivity index is 1.48. The van der Waals surface area contributed by atoms with Gasteiger partial charge in [0.05, 0.1) is 48.7 Å². The van der Waals surface area contributed by atoms with Gasteiger partial charge >= 0.3 is 0 Å². The number of hydrogen-bond acceptors (Lipinski definition) is 10. The van der Waals surface area contributed by atoms with Gasteiger partial charge in [-0.25, -0.2) is 17.7 Å². The minimum Gasteiger partial charge on any atom is -0.497 e. The lowest BCUT2D eigenvalue weighted by Crippen LogP contribution is -2.54. The number of nitriles is 1. The molecule has 4 aromatic rings. The molecule has 0 N–H and O–H groups in total. The first-order valence-electron chi connectivity index (χ1n) is 15.7. The second-order valence-corrected chi connectivity index (χ2v) is 13.8. The molecule has 0 radical (unpaired) electrons. The van der Waals surface area contributed by atoms with Crippen LogP contribution in [0.15, 0.2) is 82.4 Å². The Morgan fingerprint density at radius 2 is 1.77 bits per heavy atom. The van der Waals surface area contributed by atoms with E-state index in [4.69, 9.17) is 13.9 Å². The van der Waals surface area contributed by atoms with Crippen LogP contribution in [0, 0.1) is 11.3 Å². The van der Waals surface area contributed by atoms with Crippen LogP contribution >= 0.6 is 0 Å². The molecule has 1 aromatic heterocycles. The predicted molar refractivity (Wildman–Crippen MR) is 172 cm³/mol. The molecule has 3 aliphatic heterocycles. The lowest BCUT2D eigenvalue weighted by Gasteiger charge is -2.41. The Labute approximate surface area is 274 Å². The number of likely N-dealkylation sites (tertiary alicyclic amines) is 2. The molecular weight excluding hydrogens is 618 g/mol. The van der Waals surface area contributed by atoms with E-state index in [0.29, 0.717) is 53.5 Å². The van der Waals surface area contributed by atoms with E-state index in [1.807, 2.05) is 23.1 Å². The summed E-state index contributed by atoms with van der Waals surface area (Å²) in [6.07, 6.45) is 6.69. The van der Waals surface area contributed by atoms with E-state index >= 15 is 4.79 Å². The molecule has 2 atom stereocenters. The predicted octanol–water partition coefficient (Wildman–Crippen LogP) is 4.98. The number of sulfonamides is 1. The summed E-state index contributed by atoms with van der Waals surface area (Å²) in [5.74, 6) is 0.663. The van der Waals surface area contributed by atoms with Crippen LogP contribution in [0.25, 0.3) is 0 Å². The van der Waals surface area contributed by atoms with Gasteiger partial charge in [-0.1, -0.05) is 12.1 Å². The zero-order chi connectivity index (χ0) is 32.8. The molecule has 0 spiro atoms. The number of hydrogen-bond donors (Lipinski definition) is 0. The summed E-state index contributed by atoms with van der Waals surface area (Å²) < 4.78 is 47.0. The Morgan fingerprint density at radius 3 is 2.45 bits per heavy atom. The highest BCUT2D eigenvalue weighted by atomic mass is 32.2. The van der Waals surface area contributed by atoms with Crippen LogP contribution in [0.2, 0.25) is 0 Å². The third-order valence-electron chi connectivity index (χ3n) is 9.51. The number of carbonyl (C=O) groups is 1. The van der Waals surface area contributed by atoms with Crippen molar-refractivity contribution in [3.05, 3.63) is 101 Å². The highest BCUT2D eigenvalue weighted by Crippen LogP contribution is 2.56. The summed E-state index contributed by atoms with van der Waals surface area (Å²) in [6, 6.07) is 18.2. The number of oxazole rings is 1. The Bertz CT molecular complexity index is 1950. The van der Waals surface area contributed by atoms with E-state index in [2.05, 4.69) is 16.0 Å². The van der Waals surface area contributed by atoms with Crippen molar-refractivity contribution in [1.29, 1.82) is 5.26 Å². The van der Waals surface area contributed by atoms with Gasteiger partial charge in [0, 0.05) is 24.2 Å². The van der Waals surface area contributed by atoms with Crippen molar-refractivity contribution in [1.82, 2.24) is 14.8 Å². The van der Waals surface area contributed by atoms with Crippen LogP contribution in [0.4, 0.5) is 5.69 Å².